The lowest BCUT2D eigenvalue weighted by Crippen LogP contribution is -2.41. The summed E-state index contributed by atoms with van der Waals surface area (Å²) in [6.07, 6.45) is 2.47. The van der Waals surface area contributed by atoms with Crippen LogP contribution in [0.4, 0.5) is 0 Å². The van der Waals surface area contributed by atoms with E-state index in [2.05, 4.69) is 20.3 Å². The van der Waals surface area contributed by atoms with E-state index in [1.54, 1.807) is 24.1 Å². The molecule has 132 valence electrons. The van der Waals surface area contributed by atoms with Crippen molar-refractivity contribution in [1.82, 2.24) is 25.2 Å². The van der Waals surface area contributed by atoms with Crippen LogP contribution < -0.4 is 5.32 Å². The van der Waals surface area contributed by atoms with Crippen LogP contribution in [-0.4, -0.2) is 51.4 Å². The summed E-state index contributed by atoms with van der Waals surface area (Å²) in [5.74, 6) is 0.624. The Balaban J connectivity index is 1.64. The van der Waals surface area contributed by atoms with Gasteiger partial charge in [0.25, 0.3) is 5.91 Å². The molecule has 0 aromatic carbocycles. The van der Waals surface area contributed by atoms with E-state index in [0.29, 0.717) is 37.0 Å². The van der Waals surface area contributed by atoms with E-state index in [1.165, 1.54) is 13.3 Å². The van der Waals surface area contributed by atoms with E-state index in [4.69, 9.17) is 9.15 Å². The lowest BCUT2D eigenvalue weighted by molar-refractivity contribution is -0.136. The van der Waals surface area contributed by atoms with Gasteiger partial charge in [0.1, 0.15) is 11.9 Å². The maximum atomic E-state index is 12.1. The van der Waals surface area contributed by atoms with E-state index in [-0.39, 0.29) is 30.2 Å². The molecule has 2 aromatic rings. The van der Waals surface area contributed by atoms with E-state index in [9.17, 15) is 9.59 Å². The molecule has 1 fully saturated rings. The van der Waals surface area contributed by atoms with Crippen LogP contribution in [0.5, 0.6) is 0 Å². The Morgan fingerprint density at radius 1 is 1.40 bits per heavy atom. The zero-order valence-electron chi connectivity index (χ0n) is 14.1. The van der Waals surface area contributed by atoms with Crippen LogP contribution in [0.25, 0.3) is 0 Å². The Morgan fingerprint density at radius 3 is 2.96 bits per heavy atom. The molecule has 1 aliphatic rings. The highest BCUT2D eigenvalue weighted by molar-refractivity contribution is 5.92. The van der Waals surface area contributed by atoms with Gasteiger partial charge in [-0.2, -0.15) is 0 Å². The summed E-state index contributed by atoms with van der Waals surface area (Å²) in [6.45, 7) is 4.86. The van der Waals surface area contributed by atoms with Gasteiger partial charge in [-0.15, -0.1) is 0 Å². The molecule has 0 radical (unpaired) electrons. The number of carbonyl (C=O) groups is 2. The largest absolute Gasteiger partial charge is 0.448 e. The summed E-state index contributed by atoms with van der Waals surface area (Å²) >= 11 is 0. The molecule has 1 atom stereocenters. The number of carbonyl (C=O) groups excluding carboxylic acids is 2. The number of hydrogen-bond acceptors (Lipinski definition) is 7. The minimum absolute atomic E-state index is 0.000278. The lowest BCUT2D eigenvalue weighted by atomic mass is 10.2. The highest BCUT2D eigenvalue weighted by atomic mass is 16.5. The maximum Gasteiger partial charge on any atom is 0.273 e. The molecule has 3 heterocycles. The van der Waals surface area contributed by atoms with Gasteiger partial charge in [0.2, 0.25) is 5.91 Å². The molecule has 2 amide bonds. The second-order valence-electron chi connectivity index (χ2n) is 5.67. The first-order chi connectivity index (χ1) is 12.0. The van der Waals surface area contributed by atoms with Crippen LogP contribution in [0.2, 0.25) is 0 Å². The first-order valence-electron chi connectivity index (χ1n) is 7.92. The Labute approximate surface area is 144 Å². The fraction of sp³-hybridized carbons (Fsp3) is 0.438. The van der Waals surface area contributed by atoms with Gasteiger partial charge in [0.15, 0.2) is 17.9 Å². The van der Waals surface area contributed by atoms with Crippen molar-refractivity contribution in [2.75, 3.05) is 19.7 Å². The van der Waals surface area contributed by atoms with Crippen LogP contribution in [0.15, 0.2) is 23.1 Å². The number of morpholine rings is 1. The summed E-state index contributed by atoms with van der Waals surface area (Å²) < 4.78 is 10.7. The van der Waals surface area contributed by atoms with E-state index in [1.807, 2.05) is 0 Å². The Hall–Kier alpha value is -2.81. The molecule has 3 rings (SSSR count). The minimum Gasteiger partial charge on any atom is -0.448 e. The molecule has 25 heavy (non-hydrogen) atoms. The third kappa shape index (κ3) is 4.00. The van der Waals surface area contributed by atoms with Crippen molar-refractivity contribution in [3.8, 4) is 0 Å². The van der Waals surface area contributed by atoms with Gasteiger partial charge in [0.05, 0.1) is 25.4 Å². The lowest BCUT2D eigenvalue weighted by Gasteiger charge is -2.31. The third-order valence-corrected chi connectivity index (χ3v) is 3.92. The van der Waals surface area contributed by atoms with E-state index < -0.39 is 0 Å². The second-order valence-corrected chi connectivity index (χ2v) is 5.67. The molecule has 0 unspecified atom stereocenters. The van der Waals surface area contributed by atoms with Crippen molar-refractivity contribution in [3.05, 3.63) is 41.6 Å². The third-order valence-electron chi connectivity index (χ3n) is 3.92. The summed E-state index contributed by atoms with van der Waals surface area (Å²) in [5, 5.41) is 2.74. The topological polar surface area (TPSA) is 110 Å². The number of rotatable bonds is 4. The number of oxazole rings is 1. The van der Waals surface area contributed by atoms with Gasteiger partial charge >= 0.3 is 0 Å². The monoisotopic (exact) mass is 345 g/mol. The van der Waals surface area contributed by atoms with Crippen LogP contribution >= 0.6 is 0 Å². The van der Waals surface area contributed by atoms with Crippen LogP contribution in [0.1, 0.15) is 40.8 Å². The molecule has 9 nitrogen and oxygen atoms in total. The highest BCUT2D eigenvalue weighted by Crippen LogP contribution is 2.19. The predicted molar refractivity (Wildman–Crippen MR) is 85.4 cm³/mol. The standard InChI is InChI=1S/C16H19N5O4/c1-10-14(19-9-25-10)16(23)18-7-12-3-4-17-15(20-12)13-8-21(11(2)22)5-6-24-13/h3-4,9,13H,5-8H2,1-2H3,(H,18,23)/t13-/m0/s1. The molecule has 2 aromatic heterocycles. The van der Waals surface area contributed by atoms with Gasteiger partial charge in [-0.1, -0.05) is 0 Å². The zero-order valence-corrected chi connectivity index (χ0v) is 14.1. The van der Waals surface area contributed by atoms with Crippen molar-refractivity contribution in [2.45, 2.75) is 26.5 Å². The number of hydrogen-bond donors (Lipinski definition) is 1. The number of aromatic nitrogens is 3. The molecule has 1 N–H and O–H groups in total. The average molecular weight is 345 g/mol. The molecular weight excluding hydrogens is 326 g/mol. The fourth-order valence-corrected chi connectivity index (χ4v) is 2.54. The molecule has 0 aliphatic carbocycles. The summed E-state index contributed by atoms with van der Waals surface area (Å²) in [6, 6.07) is 1.71. The summed E-state index contributed by atoms with van der Waals surface area (Å²) in [5.41, 5.74) is 0.894. The SMILES string of the molecule is CC(=O)N1CCO[C@H](c2nccc(CNC(=O)c3ncoc3C)n2)C1. The number of nitrogens with one attached hydrogen (secondary N) is 1. The zero-order chi connectivity index (χ0) is 17.8. The van der Waals surface area contributed by atoms with Crippen LogP contribution in [0.3, 0.4) is 0 Å². The first-order valence-corrected chi connectivity index (χ1v) is 7.92. The molecular formula is C16H19N5O4. The predicted octanol–water partition coefficient (Wildman–Crippen LogP) is 0.623. The van der Waals surface area contributed by atoms with Gasteiger partial charge < -0.3 is 19.4 Å². The van der Waals surface area contributed by atoms with Crippen molar-refractivity contribution < 1.29 is 18.7 Å². The van der Waals surface area contributed by atoms with Crippen LogP contribution in [-0.2, 0) is 16.1 Å². The van der Waals surface area contributed by atoms with Crippen LogP contribution in [0, 0.1) is 6.92 Å². The number of aryl methyl sites for hydroxylation is 1. The van der Waals surface area contributed by atoms with Crippen molar-refractivity contribution in [1.29, 1.82) is 0 Å². The molecule has 0 bridgehead atoms. The van der Waals surface area contributed by atoms with Crippen molar-refractivity contribution >= 4 is 11.8 Å². The minimum atomic E-state index is -0.369. The first kappa shape index (κ1) is 17.0. The number of ether oxygens (including phenoxy) is 1. The molecule has 1 aliphatic heterocycles. The highest BCUT2D eigenvalue weighted by Gasteiger charge is 2.25. The van der Waals surface area contributed by atoms with Gasteiger partial charge in [-0.25, -0.2) is 15.0 Å². The summed E-state index contributed by atoms with van der Waals surface area (Å²) in [4.78, 5) is 37.8. The Bertz CT molecular complexity index is 775. The van der Waals surface area contributed by atoms with Gasteiger partial charge in [-0.05, 0) is 13.0 Å². The van der Waals surface area contributed by atoms with Gasteiger partial charge in [-0.3, -0.25) is 9.59 Å². The van der Waals surface area contributed by atoms with Crippen molar-refractivity contribution in [2.24, 2.45) is 0 Å². The quantitative estimate of drug-likeness (QED) is 0.865. The average Bonchev–Trinajstić information content (AvgIpc) is 3.06. The smallest absolute Gasteiger partial charge is 0.273 e. The van der Waals surface area contributed by atoms with Crippen molar-refractivity contribution in [3.63, 3.8) is 0 Å². The Kier molecular flexibility index (Phi) is 5.03. The molecule has 9 heteroatoms. The normalized spacial score (nSPS) is 17.4. The number of nitrogens with zero attached hydrogens (tertiary/aromatic N) is 4. The van der Waals surface area contributed by atoms with E-state index in [0.717, 1.165) is 0 Å². The second kappa shape index (κ2) is 7.39. The summed E-state index contributed by atoms with van der Waals surface area (Å²) in [7, 11) is 0. The number of amides is 2. The van der Waals surface area contributed by atoms with Gasteiger partial charge in [0, 0.05) is 19.7 Å². The molecule has 0 saturated carbocycles. The molecule has 0 spiro atoms. The molecule has 1 saturated heterocycles. The fourth-order valence-electron chi connectivity index (χ4n) is 2.54. The Morgan fingerprint density at radius 2 is 2.24 bits per heavy atom. The van der Waals surface area contributed by atoms with E-state index >= 15 is 0 Å². The maximum absolute atomic E-state index is 12.1.